The summed E-state index contributed by atoms with van der Waals surface area (Å²) in [6, 6.07) is 7.36. The maximum Gasteiger partial charge on any atom is 0.314 e. The Morgan fingerprint density at radius 2 is 2.04 bits per heavy atom. The molecule has 2 heterocycles. The molecular weight excluding hydrogens is 388 g/mol. The molecule has 1 aliphatic heterocycles. The van der Waals surface area contributed by atoms with Crippen molar-refractivity contribution in [1.29, 1.82) is 0 Å². The van der Waals surface area contributed by atoms with Gasteiger partial charge >= 0.3 is 5.97 Å². The van der Waals surface area contributed by atoms with Gasteiger partial charge < -0.3 is 14.3 Å². The van der Waals surface area contributed by atoms with Gasteiger partial charge in [0.1, 0.15) is 12.2 Å². The Morgan fingerprint density at radius 3 is 2.71 bits per heavy atom. The first-order valence-electron chi connectivity index (χ1n) is 8.80. The second-order valence-corrected chi connectivity index (χ2v) is 7.33. The van der Waals surface area contributed by atoms with E-state index in [9.17, 15) is 14.9 Å². The molecule has 0 spiro atoms. The van der Waals surface area contributed by atoms with E-state index < -0.39 is 23.1 Å². The lowest BCUT2D eigenvalue weighted by atomic mass is 9.82. The second-order valence-electron chi connectivity index (χ2n) is 6.89. The summed E-state index contributed by atoms with van der Waals surface area (Å²) in [6.07, 6.45) is 1.42. The lowest BCUT2D eigenvalue weighted by Crippen LogP contribution is -2.39. The molecule has 1 aromatic heterocycles. The van der Waals surface area contributed by atoms with Crippen molar-refractivity contribution in [2.45, 2.75) is 38.6 Å². The average Bonchev–Trinajstić information content (AvgIpc) is 3.05. The van der Waals surface area contributed by atoms with Crippen LogP contribution in [0.3, 0.4) is 0 Å². The highest BCUT2D eigenvalue weighted by molar-refractivity contribution is 6.30. The van der Waals surface area contributed by atoms with E-state index in [1.807, 2.05) is 12.1 Å². The highest BCUT2D eigenvalue weighted by atomic mass is 35.5. The number of hydrogen-bond acceptors (Lipinski definition) is 7. The number of aryl methyl sites for hydroxylation is 1. The number of ether oxygens (including phenoxy) is 2. The van der Waals surface area contributed by atoms with Crippen molar-refractivity contribution in [2.75, 3.05) is 0 Å². The Morgan fingerprint density at radius 1 is 1.32 bits per heavy atom. The first-order valence-corrected chi connectivity index (χ1v) is 9.18. The van der Waals surface area contributed by atoms with Gasteiger partial charge in [0.15, 0.2) is 5.75 Å². The molecule has 1 atom stereocenters. The summed E-state index contributed by atoms with van der Waals surface area (Å²) in [7, 11) is 0. The van der Waals surface area contributed by atoms with Crippen LogP contribution in [0.15, 0.2) is 30.5 Å². The fourth-order valence-corrected chi connectivity index (χ4v) is 3.61. The topological polar surface area (TPSA) is 101 Å². The normalized spacial score (nSPS) is 22.9. The monoisotopic (exact) mass is 404 g/mol. The molecule has 146 valence electrons. The standard InChI is InChI=1S/C19H17ClN2O6/c1-10-17(27-19(23)12-6-14(7-12)28-22(24)25)16-9-26-18(15(16)8-21-10)11-2-4-13(20)5-3-11/h2-5,8,12,14,18H,6-7,9H2,1H3. The number of carbonyl (C=O) groups is 1. The number of rotatable bonds is 5. The van der Waals surface area contributed by atoms with E-state index in [4.69, 9.17) is 21.1 Å². The van der Waals surface area contributed by atoms with Gasteiger partial charge in [0.2, 0.25) is 0 Å². The summed E-state index contributed by atoms with van der Waals surface area (Å²) in [4.78, 5) is 31.6. The van der Waals surface area contributed by atoms with Gasteiger partial charge in [0, 0.05) is 22.3 Å². The molecule has 0 bridgehead atoms. The van der Waals surface area contributed by atoms with Crippen molar-refractivity contribution >= 4 is 17.6 Å². The molecule has 8 nitrogen and oxygen atoms in total. The van der Waals surface area contributed by atoms with E-state index in [-0.39, 0.29) is 18.9 Å². The zero-order chi connectivity index (χ0) is 19.8. The number of carbonyl (C=O) groups excluding carboxylic acids is 1. The SMILES string of the molecule is Cc1ncc2c(c1OC(=O)C1CC(O[N+](=O)[O-])C1)COC2c1ccc(Cl)cc1. The summed E-state index contributed by atoms with van der Waals surface area (Å²) < 4.78 is 11.5. The largest absolute Gasteiger partial charge is 0.424 e. The summed E-state index contributed by atoms with van der Waals surface area (Å²) in [5.74, 6) is -0.455. The Kier molecular flexibility index (Phi) is 4.91. The molecule has 1 saturated carbocycles. The number of fused-ring (bicyclic) bond motifs is 1. The van der Waals surface area contributed by atoms with E-state index in [0.29, 0.717) is 23.1 Å². The van der Waals surface area contributed by atoms with Gasteiger partial charge in [0.05, 0.1) is 18.2 Å². The van der Waals surface area contributed by atoms with Gasteiger partial charge in [-0.25, -0.2) is 0 Å². The lowest BCUT2D eigenvalue weighted by molar-refractivity contribution is -0.772. The lowest BCUT2D eigenvalue weighted by Gasteiger charge is -2.31. The quantitative estimate of drug-likeness (QED) is 0.426. The van der Waals surface area contributed by atoms with Crippen LogP contribution >= 0.6 is 11.6 Å². The molecule has 28 heavy (non-hydrogen) atoms. The van der Waals surface area contributed by atoms with Crippen LogP contribution in [0.5, 0.6) is 5.75 Å². The van der Waals surface area contributed by atoms with Gasteiger partial charge in [-0.3, -0.25) is 9.78 Å². The predicted molar refractivity (Wildman–Crippen MR) is 97.3 cm³/mol. The van der Waals surface area contributed by atoms with Crippen LogP contribution < -0.4 is 4.74 Å². The molecule has 0 saturated heterocycles. The van der Waals surface area contributed by atoms with Crippen molar-refractivity contribution < 1.29 is 24.2 Å². The first-order chi connectivity index (χ1) is 13.4. The maximum absolute atomic E-state index is 12.4. The Balaban J connectivity index is 1.51. The highest BCUT2D eigenvalue weighted by Crippen LogP contribution is 2.42. The summed E-state index contributed by atoms with van der Waals surface area (Å²) in [5, 5.41) is 10.1. The van der Waals surface area contributed by atoms with Crippen LogP contribution in [0.1, 0.15) is 41.3 Å². The predicted octanol–water partition coefficient (Wildman–Crippen LogP) is 3.56. The van der Waals surface area contributed by atoms with Crippen LogP contribution in [0, 0.1) is 23.0 Å². The fourth-order valence-electron chi connectivity index (χ4n) is 3.48. The fraction of sp³-hybridized carbons (Fsp3) is 0.368. The molecule has 0 radical (unpaired) electrons. The van der Waals surface area contributed by atoms with Gasteiger partial charge in [-0.1, -0.05) is 23.7 Å². The minimum atomic E-state index is -0.835. The van der Waals surface area contributed by atoms with E-state index in [0.717, 1.165) is 16.7 Å². The van der Waals surface area contributed by atoms with Crippen LogP contribution in [0.25, 0.3) is 0 Å². The summed E-state index contributed by atoms with van der Waals surface area (Å²) in [5.41, 5.74) is 3.16. The molecule has 2 aromatic rings. The van der Waals surface area contributed by atoms with Gasteiger partial charge in [-0.2, -0.15) is 0 Å². The van der Waals surface area contributed by atoms with Crippen molar-refractivity contribution in [3.63, 3.8) is 0 Å². The zero-order valence-corrected chi connectivity index (χ0v) is 15.7. The van der Waals surface area contributed by atoms with Crippen molar-refractivity contribution in [3.8, 4) is 5.75 Å². The molecule has 9 heteroatoms. The van der Waals surface area contributed by atoms with Crippen molar-refractivity contribution in [1.82, 2.24) is 4.98 Å². The Hall–Kier alpha value is -2.71. The summed E-state index contributed by atoms with van der Waals surface area (Å²) >= 11 is 5.95. The first kappa shape index (κ1) is 18.6. The number of halogens is 1. The molecule has 2 aliphatic rings. The smallest absolute Gasteiger partial charge is 0.314 e. The second kappa shape index (κ2) is 7.37. The maximum atomic E-state index is 12.4. The number of esters is 1. The number of hydrogen-bond donors (Lipinski definition) is 0. The molecule has 1 fully saturated rings. The average molecular weight is 405 g/mol. The number of benzene rings is 1. The third-order valence-corrected chi connectivity index (χ3v) is 5.32. The van der Waals surface area contributed by atoms with E-state index >= 15 is 0 Å². The van der Waals surface area contributed by atoms with Crippen LogP contribution in [0.4, 0.5) is 0 Å². The van der Waals surface area contributed by atoms with Gasteiger partial charge in [-0.05, 0) is 37.5 Å². The highest BCUT2D eigenvalue weighted by Gasteiger charge is 2.39. The minimum Gasteiger partial charge on any atom is -0.424 e. The van der Waals surface area contributed by atoms with E-state index in [1.54, 1.807) is 25.3 Å². The number of nitrogens with zero attached hydrogens (tertiary/aromatic N) is 2. The zero-order valence-electron chi connectivity index (χ0n) is 15.0. The Labute approximate surface area is 165 Å². The minimum absolute atomic E-state index is 0.269. The van der Waals surface area contributed by atoms with Crippen molar-refractivity contribution in [3.05, 3.63) is 68.0 Å². The van der Waals surface area contributed by atoms with E-state index in [1.165, 1.54) is 0 Å². The molecule has 1 aromatic carbocycles. The van der Waals surface area contributed by atoms with Gasteiger partial charge in [0.25, 0.3) is 5.09 Å². The molecule has 1 aliphatic carbocycles. The van der Waals surface area contributed by atoms with Crippen LogP contribution in [-0.2, 0) is 21.0 Å². The summed E-state index contributed by atoms with van der Waals surface area (Å²) in [6.45, 7) is 2.06. The van der Waals surface area contributed by atoms with Crippen molar-refractivity contribution in [2.24, 2.45) is 5.92 Å². The molecular formula is C19H17ClN2O6. The molecule has 0 N–H and O–H groups in total. The Bertz CT molecular complexity index is 927. The van der Waals surface area contributed by atoms with Crippen LogP contribution in [-0.4, -0.2) is 22.1 Å². The molecule has 4 rings (SSSR count). The van der Waals surface area contributed by atoms with E-state index in [2.05, 4.69) is 9.82 Å². The number of aromatic nitrogens is 1. The molecule has 0 amide bonds. The third-order valence-electron chi connectivity index (χ3n) is 5.06. The molecule has 1 unspecified atom stereocenters. The van der Waals surface area contributed by atoms with Crippen LogP contribution in [0.2, 0.25) is 5.02 Å². The van der Waals surface area contributed by atoms with Gasteiger partial charge in [-0.15, -0.1) is 10.1 Å². The number of pyridine rings is 1. The third kappa shape index (κ3) is 3.53.